The zero-order valence-corrected chi connectivity index (χ0v) is 13.5. The van der Waals surface area contributed by atoms with Crippen LogP contribution in [-0.4, -0.2) is 61.8 Å². The lowest BCUT2D eigenvalue weighted by atomic mass is 9.86. The van der Waals surface area contributed by atoms with Crippen molar-refractivity contribution in [2.24, 2.45) is 0 Å². The van der Waals surface area contributed by atoms with E-state index in [1.165, 1.54) is 17.7 Å². The first-order valence-electron chi connectivity index (χ1n) is 8.51. The number of benzene rings is 1. The Hall–Kier alpha value is -1.10. The van der Waals surface area contributed by atoms with Crippen LogP contribution in [0.4, 0.5) is 0 Å². The third-order valence-electron chi connectivity index (χ3n) is 5.66. The largest absolute Gasteiger partial charge is 0.493 e. The molecule has 4 rings (SSSR count). The van der Waals surface area contributed by atoms with Crippen LogP contribution in [0.5, 0.6) is 5.75 Å². The summed E-state index contributed by atoms with van der Waals surface area (Å²) in [6, 6.07) is 6.73. The van der Waals surface area contributed by atoms with Gasteiger partial charge in [0, 0.05) is 51.4 Å². The van der Waals surface area contributed by atoms with Crippen molar-refractivity contribution in [3.05, 3.63) is 29.3 Å². The van der Waals surface area contributed by atoms with Gasteiger partial charge in [0.15, 0.2) is 0 Å². The Morgan fingerprint density at radius 2 is 2.00 bits per heavy atom. The average Bonchev–Trinajstić information content (AvgIpc) is 3.00. The highest BCUT2D eigenvalue weighted by molar-refractivity contribution is 5.39. The molecule has 0 N–H and O–H groups in total. The van der Waals surface area contributed by atoms with Gasteiger partial charge in [-0.2, -0.15) is 0 Å². The number of rotatable bonds is 2. The van der Waals surface area contributed by atoms with E-state index in [0.29, 0.717) is 5.54 Å². The summed E-state index contributed by atoms with van der Waals surface area (Å²) in [5, 5.41) is 0. The van der Waals surface area contributed by atoms with Crippen LogP contribution >= 0.6 is 0 Å². The van der Waals surface area contributed by atoms with Gasteiger partial charge in [-0.25, -0.2) is 0 Å². The van der Waals surface area contributed by atoms with Gasteiger partial charge in [-0.05, 0) is 37.1 Å². The van der Waals surface area contributed by atoms with Crippen molar-refractivity contribution in [2.75, 3.05) is 46.5 Å². The zero-order valence-electron chi connectivity index (χ0n) is 13.5. The van der Waals surface area contributed by atoms with Crippen LogP contribution in [0.2, 0.25) is 0 Å². The Labute approximate surface area is 133 Å². The number of hydrogen-bond acceptors (Lipinski definition) is 4. The third kappa shape index (κ3) is 2.64. The van der Waals surface area contributed by atoms with Crippen molar-refractivity contribution in [2.45, 2.75) is 31.3 Å². The molecule has 0 aromatic heterocycles. The van der Waals surface area contributed by atoms with E-state index in [-0.39, 0.29) is 0 Å². The molecule has 3 aliphatic heterocycles. The smallest absolute Gasteiger partial charge is 0.122 e. The maximum Gasteiger partial charge on any atom is 0.122 e. The second kappa shape index (κ2) is 5.84. The van der Waals surface area contributed by atoms with Gasteiger partial charge in [-0.3, -0.25) is 9.80 Å². The number of likely N-dealkylation sites (N-methyl/N-ethyl adjacent to an activating group) is 1. The van der Waals surface area contributed by atoms with Gasteiger partial charge < -0.3 is 9.47 Å². The molecule has 0 amide bonds. The Balaban J connectivity index is 1.46. The average molecular weight is 302 g/mol. The summed E-state index contributed by atoms with van der Waals surface area (Å²) in [5.74, 6) is 1.09. The maximum absolute atomic E-state index is 5.61. The van der Waals surface area contributed by atoms with Crippen LogP contribution in [0.15, 0.2) is 18.2 Å². The van der Waals surface area contributed by atoms with Crippen LogP contribution in [0.3, 0.4) is 0 Å². The number of ether oxygens (including phenoxy) is 2. The topological polar surface area (TPSA) is 24.9 Å². The van der Waals surface area contributed by atoms with E-state index in [2.05, 4.69) is 35.0 Å². The van der Waals surface area contributed by atoms with Gasteiger partial charge in [0.1, 0.15) is 5.75 Å². The molecule has 0 bridgehead atoms. The quantitative estimate of drug-likeness (QED) is 0.833. The maximum atomic E-state index is 5.61. The fraction of sp³-hybridized carbons (Fsp3) is 0.667. The standard InChI is InChI=1S/C18H26N2O2/c1-19-7-8-20(14-18(19)5-10-21-11-6-18)13-15-2-3-17-16(12-15)4-9-22-17/h2-3,12H,4-11,13-14H2,1H3. The molecule has 0 aliphatic carbocycles. The van der Waals surface area contributed by atoms with Gasteiger partial charge in [-0.15, -0.1) is 0 Å². The van der Waals surface area contributed by atoms with Crippen molar-refractivity contribution in [3.8, 4) is 5.75 Å². The summed E-state index contributed by atoms with van der Waals surface area (Å²) in [4.78, 5) is 5.20. The second-order valence-electron chi connectivity index (χ2n) is 7.01. The summed E-state index contributed by atoms with van der Waals surface area (Å²) in [7, 11) is 2.29. The molecule has 4 nitrogen and oxygen atoms in total. The summed E-state index contributed by atoms with van der Waals surface area (Å²) >= 11 is 0. The molecule has 22 heavy (non-hydrogen) atoms. The summed E-state index contributed by atoms with van der Waals surface area (Å²) in [5.41, 5.74) is 3.14. The lowest BCUT2D eigenvalue weighted by Crippen LogP contribution is -2.62. The highest BCUT2D eigenvalue weighted by atomic mass is 16.5. The molecule has 0 saturated carbocycles. The number of piperazine rings is 1. The van der Waals surface area contributed by atoms with Crippen molar-refractivity contribution < 1.29 is 9.47 Å². The van der Waals surface area contributed by atoms with Crippen LogP contribution in [0.1, 0.15) is 24.0 Å². The Morgan fingerprint density at radius 3 is 2.86 bits per heavy atom. The van der Waals surface area contributed by atoms with E-state index in [9.17, 15) is 0 Å². The number of hydrogen-bond donors (Lipinski definition) is 0. The molecular weight excluding hydrogens is 276 g/mol. The van der Waals surface area contributed by atoms with Gasteiger partial charge in [0.2, 0.25) is 0 Å². The first-order valence-corrected chi connectivity index (χ1v) is 8.51. The van der Waals surface area contributed by atoms with Crippen molar-refractivity contribution in [1.82, 2.24) is 9.80 Å². The fourth-order valence-electron chi connectivity index (χ4n) is 4.17. The van der Waals surface area contributed by atoms with Gasteiger partial charge >= 0.3 is 0 Å². The monoisotopic (exact) mass is 302 g/mol. The molecule has 1 aromatic carbocycles. The number of nitrogens with zero attached hydrogens (tertiary/aromatic N) is 2. The Morgan fingerprint density at radius 1 is 1.14 bits per heavy atom. The SMILES string of the molecule is CN1CCN(Cc2ccc3c(c2)CCO3)CC12CCOCC2. The lowest BCUT2D eigenvalue weighted by Gasteiger charge is -2.51. The second-order valence-corrected chi connectivity index (χ2v) is 7.01. The van der Waals surface area contributed by atoms with Crippen LogP contribution in [-0.2, 0) is 17.7 Å². The molecule has 1 spiro atoms. The molecule has 4 heteroatoms. The fourth-order valence-corrected chi connectivity index (χ4v) is 4.17. The molecule has 0 unspecified atom stereocenters. The van der Waals surface area contributed by atoms with E-state index in [0.717, 1.165) is 64.5 Å². The molecule has 3 aliphatic rings. The zero-order chi connectivity index (χ0) is 15.0. The first-order chi connectivity index (χ1) is 10.8. The minimum atomic E-state index is 0.330. The van der Waals surface area contributed by atoms with Gasteiger partial charge in [-0.1, -0.05) is 12.1 Å². The van der Waals surface area contributed by atoms with Crippen LogP contribution in [0.25, 0.3) is 0 Å². The molecule has 0 atom stereocenters. The number of fused-ring (bicyclic) bond motifs is 1. The minimum Gasteiger partial charge on any atom is -0.493 e. The lowest BCUT2D eigenvalue weighted by molar-refractivity contribution is -0.0625. The normalized spacial score (nSPS) is 25.1. The molecular formula is C18H26N2O2. The Kier molecular flexibility index (Phi) is 3.84. The van der Waals surface area contributed by atoms with E-state index in [4.69, 9.17) is 9.47 Å². The predicted octanol–water partition coefficient (Wildman–Crippen LogP) is 1.92. The van der Waals surface area contributed by atoms with Gasteiger partial charge in [0.05, 0.1) is 6.61 Å². The molecule has 0 radical (unpaired) electrons. The van der Waals surface area contributed by atoms with Crippen LogP contribution in [0, 0.1) is 0 Å². The summed E-state index contributed by atoms with van der Waals surface area (Å²) < 4.78 is 11.2. The summed E-state index contributed by atoms with van der Waals surface area (Å²) in [6.07, 6.45) is 3.39. The predicted molar refractivity (Wildman–Crippen MR) is 86.3 cm³/mol. The third-order valence-corrected chi connectivity index (χ3v) is 5.66. The van der Waals surface area contributed by atoms with Crippen molar-refractivity contribution >= 4 is 0 Å². The van der Waals surface area contributed by atoms with E-state index >= 15 is 0 Å². The van der Waals surface area contributed by atoms with E-state index in [1.54, 1.807) is 0 Å². The first kappa shape index (κ1) is 14.5. The molecule has 1 aromatic rings. The molecule has 2 saturated heterocycles. The highest BCUT2D eigenvalue weighted by Gasteiger charge is 2.40. The highest BCUT2D eigenvalue weighted by Crippen LogP contribution is 2.32. The Bertz CT molecular complexity index is 540. The summed E-state index contributed by atoms with van der Waals surface area (Å²) in [6.45, 7) is 7.21. The molecule has 120 valence electrons. The van der Waals surface area contributed by atoms with Crippen molar-refractivity contribution in [3.63, 3.8) is 0 Å². The molecule has 3 heterocycles. The van der Waals surface area contributed by atoms with Crippen LogP contribution < -0.4 is 4.74 Å². The minimum absolute atomic E-state index is 0.330. The van der Waals surface area contributed by atoms with Crippen molar-refractivity contribution in [1.29, 1.82) is 0 Å². The van der Waals surface area contributed by atoms with Gasteiger partial charge in [0.25, 0.3) is 0 Å². The molecule has 2 fully saturated rings. The van der Waals surface area contributed by atoms with E-state index in [1.807, 2.05) is 0 Å². The van der Waals surface area contributed by atoms with E-state index < -0.39 is 0 Å².